The molecule has 1 aromatic heterocycles. The Hall–Kier alpha value is -0.890. The SMILES string of the molecule is CCCC(CC)NC(C)c1cnccc1C. The molecule has 1 N–H and O–H groups in total. The van der Waals surface area contributed by atoms with E-state index < -0.39 is 0 Å². The van der Waals surface area contributed by atoms with Crippen molar-refractivity contribution < 1.29 is 0 Å². The summed E-state index contributed by atoms with van der Waals surface area (Å²) >= 11 is 0. The molecule has 16 heavy (non-hydrogen) atoms. The smallest absolute Gasteiger partial charge is 0.0318 e. The van der Waals surface area contributed by atoms with Crippen molar-refractivity contribution in [1.82, 2.24) is 10.3 Å². The largest absolute Gasteiger partial charge is 0.307 e. The van der Waals surface area contributed by atoms with Crippen molar-refractivity contribution in [2.24, 2.45) is 0 Å². The highest BCUT2D eigenvalue weighted by Crippen LogP contribution is 2.17. The average Bonchev–Trinajstić information content (AvgIpc) is 2.28. The summed E-state index contributed by atoms with van der Waals surface area (Å²) < 4.78 is 0. The molecule has 2 unspecified atom stereocenters. The summed E-state index contributed by atoms with van der Waals surface area (Å²) in [5.41, 5.74) is 2.64. The van der Waals surface area contributed by atoms with E-state index in [4.69, 9.17) is 0 Å². The third-order valence-electron chi connectivity index (χ3n) is 3.16. The Morgan fingerprint density at radius 3 is 2.69 bits per heavy atom. The molecular weight excluding hydrogens is 196 g/mol. The molecular formula is C14H24N2. The number of aromatic nitrogens is 1. The molecule has 2 heteroatoms. The molecule has 0 aliphatic heterocycles. The third kappa shape index (κ3) is 3.60. The Bertz CT molecular complexity index is 309. The first-order valence-electron chi connectivity index (χ1n) is 6.35. The zero-order chi connectivity index (χ0) is 12.0. The minimum Gasteiger partial charge on any atom is -0.307 e. The van der Waals surface area contributed by atoms with Crippen LogP contribution in [0.1, 0.15) is 57.2 Å². The lowest BCUT2D eigenvalue weighted by Gasteiger charge is -2.23. The van der Waals surface area contributed by atoms with Gasteiger partial charge in [-0.15, -0.1) is 0 Å². The second-order valence-corrected chi connectivity index (χ2v) is 4.51. The lowest BCUT2D eigenvalue weighted by atomic mass is 10.0. The number of pyridine rings is 1. The molecule has 0 amide bonds. The Morgan fingerprint density at radius 2 is 2.12 bits per heavy atom. The number of hydrogen-bond acceptors (Lipinski definition) is 2. The molecule has 0 fully saturated rings. The predicted octanol–water partition coefficient (Wildman–Crippen LogP) is 3.62. The number of rotatable bonds is 6. The highest BCUT2D eigenvalue weighted by molar-refractivity contribution is 5.24. The Balaban J connectivity index is 2.64. The van der Waals surface area contributed by atoms with Gasteiger partial charge in [0.1, 0.15) is 0 Å². The van der Waals surface area contributed by atoms with E-state index in [1.165, 1.54) is 30.4 Å². The number of nitrogens with zero attached hydrogens (tertiary/aromatic N) is 1. The van der Waals surface area contributed by atoms with Gasteiger partial charge in [0.25, 0.3) is 0 Å². The van der Waals surface area contributed by atoms with E-state index in [1.54, 1.807) is 0 Å². The lowest BCUT2D eigenvalue weighted by Crippen LogP contribution is -2.31. The average molecular weight is 220 g/mol. The van der Waals surface area contributed by atoms with Crippen LogP contribution in [0.3, 0.4) is 0 Å². The van der Waals surface area contributed by atoms with Crippen molar-refractivity contribution >= 4 is 0 Å². The van der Waals surface area contributed by atoms with Crippen LogP contribution < -0.4 is 5.32 Å². The number of aryl methyl sites for hydroxylation is 1. The van der Waals surface area contributed by atoms with Crippen LogP contribution in [-0.2, 0) is 0 Å². The fraction of sp³-hybridized carbons (Fsp3) is 0.643. The molecule has 0 saturated heterocycles. The van der Waals surface area contributed by atoms with Gasteiger partial charge in [-0.2, -0.15) is 0 Å². The van der Waals surface area contributed by atoms with Crippen LogP contribution in [-0.4, -0.2) is 11.0 Å². The number of nitrogens with one attached hydrogen (secondary N) is 1. The minimum absolute atomic E-state index is 0.394. The van der Waals surface area contributed by atoms with Crippen LogP contribution in [0.5, 0.6) is 0 Å². The minimum atomic E-state index is 0.394. The van der Waals surface area contributed by atoms with Crippen molar-refractivity contribution in [2.45, 2.75) is 59.0 Å². The van der Waals surface area contributed by atoms with Gasteiger partial charge in [0, 0.05) is 24.5 Å². The second kappa shape index (κ2) is 6.64. The molecule has 0 spiro atoms. The molecule has 90 valence electrons. The molecule has 0 saturated carbocycles. The van der Waals surface area contributed by atoms with E-state index in [-0.39, 0.29) is 0 Å². The van der Waals surface area contributed by atoms with E-state index >= 15 is 0 Å². The Morgan fingerprint density at radius 1 is 1.38 bits per heavy atom. The van der Waals surface area contributed by atoms with Crippen molar-refractivity contribution in [1.29, 1.82) is 0 Å². The molecule has 0 aliphatic rings. The maximum absolute atomic E-state index is 4.21. The van der Waals surface area contributed by atoms with Gasteiger partial charge >= 0.3 is 0 Å². The summed E-state index contributed by atoms with van der Waals surface area (Å²) in [5, 5.41) is 3.68. The zero-order valence-corrected chi connectivity index (χ0v) is 11.0. The van der Waals surface area contributed by atoms with E-state index in [1.807, 2.05) is 12.4 Å². The molecule has 1 rings (SSSR count). The zero-order valence-electron chi connectivity index (χ0n) is 11.0. The summed E-state index contributed by atoms with van der Waals surface area (Å²) in [5.74, 6) is 0. The monoisotopic (exact) mass is 220 g/mol. The van der Waals surface area contributed by atoms with E-state index in [2.05, 4.69) is 44.1 Å². The van der Waals surface area contributed by atoms with E-state index in [0.29, 0.717) is 12.1 Å². The quantitative estimate of drug-likeness (QED) is 0.792. The van der Waals surface area contributed by atoms with Gasteiger partial charge in [-0.05, 0) is 43.9 Å². The van der Waals surface area contributed by atoms with Gasteiger partial charge in [0.2, 0.25) is 0 Å². The normalized spacial score (nSPS) is 14.8. The van der Waals surface area contributed by atoms with E-state index in [9.17, 15) is 0 Å². The summed E-state index contributed by atoms with van der Waals surface area (Å²) in [6, 6.07) is 3.10. The van der Waals surface area contributed by atoms with Crippen LogP contribution in [0.2, 0.25) is 0 Å². The topological polar surface area (TPSA) is 24.9 Å². The second-order valence-electron chi connectivity index (χ2n) is 4.51. The molecule has 2 atom stereocenters. The highest BCUT2D eigenvalue weighted by atomic mass is 14.9. The summed E-state index contributed by atoms with van der Waals surface area (Å²) in [4.78, 5) is 4.21. The predicted molar refractivity (Wildman–Crippen MR) is 69.5 cm³/mol. The van der Waals surface area contributed by atoms with Crippen molar-refractivity contribution in [3.8, 4) is 0 Å². The first-order valence-corrected chi connectivity index (χ1v) is 6.35. The van der Waals surface area contributed by atoms with Crippen LogP contribution in [0.25, 0.3) is 0 Å². The fourth-order valence-electron chi connectivity index (χ4n) is 2.13. The molecule has 0 aliphatic carbocycles. The van der Waals surface area contributed by atoms with Crippen LogP contribution in [0.15, 0.2) is 18.5 Å². The molecule has 1 heterocycles. The van der Waals surface area contributed by atoms with Crippen LogP contribution >= 0.6 is 0 Å². The van der Waals surface area contributed by atoms with Crippen molar-refractivity contribution in [2.75, 3.05) is 0 Å². The van der Waals surface area contributed by atoms with Gasteiger partial charge in [0.05, 0.1) is 0 Å². The molecule has 0 bridgehead atoms. The van der Waals surface area contributed by atoms with Gasteiger partial charge in [-0.3, -0.25) is 4.98 Å². The molecule has 0 aromatic carbocycles. The maximum atomic E-state index is 4.21. The van der Waals surface area contributed by atoms with Crippen molar-refractivity contribution in [3.63, 3.8) is 0 Å². The number of hydrogen-bond donors (Lipinski definition) is 1. The van der Waals surface area contributed by atoms with Gasteiger partial charge in [-0.1, -0.05) is 20.3 Å². The molecule has 0 radical (unpaired) electrons. The summed E-state index contributed by atoms with van der Waals surface area (Å²) in [7, 11) is 0. The molecule has 1 aromatic rings. The van der Waals surface area contributed by atoms with Gasteiger partial charge < -0.3 is 5.32 Å². The van der Waals surface area contributed by atoms with Gasteiger partial charge in [0.15, 0.2) is 0 Å². The van der Waals surface area contributed by atoms with Crippen LogP contribution in [0, 0.1) is 6.92 Å². The Kier molecular flexibility index (Phi) is 5.47. The lowest BCUT2D eigenvalue weighted by molar-refractivity contribution is 0.416. The van der Waals surface area contributed by atoms with Crippen LogP contribution in [0.4, 0.5) is 0 Å². The van der Waals surface area contributed by atoms with Crippen molar-refractivity contribution in [3.05, 3.63) is 29.6 Å². The van der Waals surface area contributed by atoms with Gasteiger partial charge in [-0.25, -0.2) is 0 Å². The molecule has 2 nitrogen and oxygen atoms in total. The first-order chi connectivity index (χ1) is 7.69. The fourth-order valence-corrected chi connectivity index (χ4v) is 2.13. The maximum Gasteiger partial charge on any atom is 0.0318 e. The summed E-state index contributed by atoms with van der Waals surface area (Å²) in [6.07, 6.45) is 7.52. The Labute approximate surface area is 99.5 Å². The first kappa shape index (κ1) is 13.2. The van der Waals surface area contributed by atoms with E-state index in [0.717, 1.165) is 0 Å². The highest BCUT2D eigenvalue weighted by Gasteiger charge is 2.12. The third-order valence-corrected chi connectivity index (χ3v) is 3.16. The summed E-state index contributed by atoms with van der Waals surface area (Å²) in [6.45, 7) is 8.86. The standard InChI is InChI=1S/C14H24N2/c1-5-7-13(6-2)16-12(4)14-10-15-9-8-11(14)3/h8-10,12-13,16H,5-7H2,1-4H3.